The van der Waals surface area contributed by atoms with Gasteiger partial charge in [0.05, 0.1) is 6.54 Å². The van der Waals surface area contributed by atoms with Crippen LogP contribution in [0.25, 0.3) is 0 Å². The summed E-state index contributed by atoms with van der Waals surface area (Å²) >= 11 is 0. The van der Waals surface area contributed by atoms with Crippen molar-refractivity contribution in [2.75, 3.05) is 32.7 Å². The Morgan fingerprint density at radius 3 is 1.81 bits per heavy atom. The second-order valence-electron chi connectivity index (χ2n) is 6.09. The zero-order valence-electron chi connectivity index (χ0n) is 14.4. The molecule has 6 nitrogen and oxygen atoms in total. The highest BCUT2D eigenvalue weighted by Gasteiger charge is 2.24. The van der Waals surface area contributed by atoms with Crippen molar-refractivity contribution in [3.05, 3.63) is 71.8 Å². The van der Waals surface area contributed by atoms with Crippen molar-refractivity contribution in [3.63, 3.8) is 0 Å². The number of carbonyl (C=O) groups is 3. The second kappa shape index (κ2) is 8.29. The van der Waals surface area contributed by atoms with Crippen LogP contribution in [0.5, 0.6) is 0 Å². The second-order valence-corrected chi connectivity index (χ2v) is 6.09. The van der Waals surface area contributed by atoms with E-state index < -0.39 is 0 Å². The third-order valence-electron chi connectivity index (χ3n) is 4.38. The van der Waals surface area contributed by atoms with Gasteiger partial charge in [-0.1, -0.05) is 36.4 Å². The van der Waals surface area contributed by atoms with Crippen LogP contribution in [-0.2, 0) is 4.79 Å². The molecule has 0 saturated carbocycles. The number of carbonyl (C=O) groups excluding carboxylic acids is 3. The molecule has 2 aromatic rings. The summed E-state index contributed by atoms with van der Waals surface area (Å²) < 4.78 is 0. The van der Waals surface area contributed by atoms with E-state index in [2.05, 4.69) is 5.32 Å². The molecule has 1 N–H and O–H groups in total. The molecule has 0 spiro atoms. The van der Waals surface area contributed by atoms with Crippen molar-refractivity contribution < 1.29 is 14.4 Å². The van der Waals surface area contributed by atoms with Gasteiger partial charge in [-0.25, -0.2) is 0 Å². The van der Waals surface area contributed by atoms with Crippen LogP contribution in [0.15, 0.2) is 60.7 Å². The minimum absolute atomic E-state index is 0.0184. The summed E-state index contributed by atoms with van der Waals surface area (Å²) in [5.74, 6) is -0.423. The Morgan fingerprint density at radius 1 is 0.731 bits per heavy atom. The van der Waals surface area contributed by atoms with Crippen LogP contribution in [0, 0.1) is 0 Å². The van der Waals surface area contributed by atoms with Gasteiger partial charge in [0.25, 0.3) is 11.8 Å². The molecule has 2 aromatic carbocycles. The summed E-state index contributed by atoms with van der Waals surface area (Å²) in [6, 6.07) is 17.9. The third kappa shape index (κ3) is 4.27. The van der Waals surface area contributed by atoms with Crippen molar-refractivity contribution >= 4 is 17.7 Å². The largest absolute Gasteiger partial charge is 0.343 e. The van der Waals surface area contributed by atoms with Crippen molar-refractivity contribution in [1.82, 2.24) is 15.1 Å². The van der Waals surface area contributed by atoms with Crippen LogP contribution < -0.4 is 5.32 Å². The zero-order chi connectivity index (χ0) is 18.4. The molecule has 1 heterocycles. The van der Waals surface area contributed by atoms with E-state index in [4.69, 9.17) is 0 Å². The highest BCUT2D eigenvalue weighted by Crippen LogP contribution is 2.09. The van der Waals surface area contributed by atoms with E-state index in [0.717, 1.165) is 0 Å². The summed E-state index contributed by atoms with van der Waals surface area (Å²) in [5, 5.41) is 2.65. The third-order valence-corrected chi connectivity index (χ3v) is 4.38. The SMILES string of the molecule is O=C(NCC(=O)N1CCN(C(=O)c2ccccc2)CC1)c1ccccc1. The number of rotatable bonds is 4. The summed E-state index contributed by atoms with van der Waals surface area (Å²) in [7, 11) is 0. The Labute approximate surface area is 152 Å². The van der Waals surface area contributed by atoms with Crippen molar-refractivity contribution in [3.8, 4) is 0 Å². The Kier molecular flexibility index (Phi) is 5.63. The topological polar surface area (TPSA) is 69.7 Å². The predicted octanol–water partition coefficient (Wildman–Crippen LogP) is 1.40. The predicted molar refractivity (Wildman–Crippen MR) is 97.7 cm³/mol. The average molecular weight is 351 g/mol. The van der Waals surface area contributed by atoms with Crippen LogP contribution in [0.3, 0.4) is 0 Å². The fourth-order valence-corrected chi connectivity index (χ4v) is 2.88. The Morgan fingerprint density at radius 2 is 1.23 bits per heavy atom. The van der Waals surface area contributed by atoms with Gasteiger partial charge in [-0.15, -0.1) is 0 Å². The Bertz CT molecular complexity index is 769. The first-order chi connectivity index (χ1) is 12.6. The van der Waals surface area contributed by atoms with Crippen molar-refractivity contribution in [1.29, 1.82) is 0 Å². The van der Waals surface area contributed by atoms with Gasteiger partial charge in [0.1, 0.15) is 0 Å². The van der Waals surface area contributed by atoms with Gasteiger partial charge in [-0.05, 0) is 24.3 Å². The minimum atomic E-state index is -0.267. The zero-order valence-corrected chi connectivity index (χ0v) is 14.4. The van der Waals surface area contributed by atoms with E-state index in [0.29, 0.717) is 37.3 Å². The molecular weight excluding hydrogens is 330 g/mol. The van der Waals surface area contributed by atoms with Crippen LogP contribution in [0.1, 0.15) is 20.7 Å². The number of nitrogens with zero attached hydrogens (tertiary/aromatic N) is 2. The molecule has 0 unspecified atom stereocenters. The molecule has 1 aliphatic rings. The van der Waals surface area contributed by atoms with Crippen LogP contribution in [-0.4, -0.2) is 60.2 Å². The lowest BCUT2D eigenvalue weighted by atomic mass is 10.2. The van der Waals surface area contributed by atoms with E-state index in [1.54, 1.807) is 46.2 Å². The van der Waals surface area contributed by atoms with E-state index in [9.17, 15) is 14.4 Å². The Balaban J connectivity index is 1.46. The van der Waals surface area contributed by atoms with E-state index in [1.165, 1.54) is 0 Å². The maximum atomic E-state index is 12.4. The first-order valence-corrected chi connectivity index (χ1v) is 8.60. The molecule has 1 saturated heterocycles. The molecule has 3 amide bonds. The molecule has 0 bridgehead atoms. The standard InChI is InChI=1S/C20H21N3O3/c24-18(15-21-19(25)16-7-3-1-4-8-16)22-11-13-23(14-12-22)20(26)17-9-5-2-6-10-17/h1-10H,11-15H2,(H,21,25). The maximum Gasteiger partial charge on any atom is 0.253 e. The minimum Gasteiger partial charge on any atom is -0.343 e. The molecule has 0 atom stereocenters. The van der Waals surface area contributed by atoms with Crippen LogP contribution in [0.4, 0.5) is 0 Å². The molecule has 26 heavy (non-hydrogen) atoms. The van der Waals surface area contributed by atoms with Gasteiger partial charge < -0.3 is 15.1 Å². The van der Waals surface area contributed by atoms with Crippen LogP contribution in [0.2, 0.25) is 0 Å². The number of benzene rings is 2. The molecule has 0 radical (unpaired) electrons. The molecule has 0 aliphatic carbocycles. The van der Waals surface area contributed by atoms with Crippen molar-refractivity contribution in [2.45, 2.75) is 0 Å². The van der Waals surface area contributed by atoms with E-state index in [1.807, 2.05) is 24.3 Å². The Hall–Kier alpha value is -3.15. The summed E-state index contributed by atoms with van der Waals surface area (Å²) in [4.78, 5) is 40.1. The molecule has 1 aliphatic heterocycles. The fourth-order valence-electron chi connectivity index (χ4n) is 2.88. The van der Waals surface area contributed by atoms with E-state index in [-0.39, 0.29) is 24.3 Å². The number of hydrogen-bond donors (Lipinski definition) is 1. The number of piperazine rings is 1. The molecule has 1 fully saturated rings. The average Bonchev–Trinajstić information content (AvgIpc) is 2.72. The summed E-state index contributed by atoms with van der Waals surface area (Å²) in [6.07, 6.45) is 0. The van der Waals surface area contributed by atoms with Crippen LogP contribution >= 0.6 is 0 Å². The molecule has 3 rings (SSSR count). The fraction of sp³-hybridized carbons (Fsp3) is 0.250. The van der Waals surface area contributed by atoms with Gasteiger partial charge in [-0.2, -0.15) is 0 Å². The lowest BCUT2D eigenvalue weighted by Crippen LogP contribution is -2.52. The van der Waals surface area contributed by atoms with Gasteiger partial charge >= 0.3 is 0 Å². The summed E-state index contributed by atoms with van der Waals surface area (Å²) in [6.45, 7) is 1.88. The number of nitrogens with one attached hydrogen (secondary N) is 1. The van der Waals surface area contributed by atoms with Gasteiger partial charge in [-0.3, -0.25) is 14.4 Å². The summed E-state index contributed by atoms with van der Waals surface area (Å²) in [5.41, 5.74) is 1.18. The van der Waals surface area contributed by atoms with Gasteiger partial charge in [0, 0.05) is 37.3 Å². The normalized spacial score (nSPS) is 14.0. The number of hydrogen-bond acceptors (Lipinski definition) is 3. The lowest BCUT2D eigenvalue weighted by molar-refractivity contribution is -0.131. The smallest absolute Gasteiger partial charge is 0.253 e. The highest BCUT2D eigenvalue weighted by molar-refractivity contribution is 5.96. The first kappa shape index (κ1) is 17.7. The van der Waals surface area contributed by atoms with E-state index >= 15 is 0 Å². The first-order valence-electron chi connectivity index (χ1n) is 8.60. The van der Waals surface area contributed by atoms with Crippen molar-refractivity contribution in [2.24, 2.45) is 0 Å². The molecule has 0 aromatic heterocycles. The molecular formula is C20H21N3O3. The van der Waals surface area contributed by atoms with Gasteiger partial charge in [0.15, 0.2) is 0 Å². The maximum absolute atomic E-state index is 12.4. The monoisotopic (exact) mass is 351 g/mol. The quantitative estimate of drug-likeness (QED) is 0.905. The number of amides is 3. The highest BCUT2D eigenvalue weighted by atomic mass is 16.2. The lowest BCUT2D eigenvalue weighted by Gasteiger charge is -2.34. The molecule has 134 valence electrons. The molecule has 6 heteroatoms. The van der Waals surface area contributed by atoms with Gasteiger partial charge in [0.2, 0.25) is 5.91 Å².